The topological polar surface area (TPSA) is 8.17 Å². The minimum Gasteiger partial charge on any atom is -0.310 e. The Morgan fingerprint density at radius 1 is 0.308 bits per heavy atom. The zero-order valence-electron chi connectivity index (χ0n) is 28.5. The van der Waals surface area contributed by atoms with Gasteiger partial charge < -0.3 is 9.47 Å². The standard InChI is InChI=1S/C50H34N2/c1-2-17-40(18-3-1)51(42-31-25-35-13-4-5-15-38(35)33-42)41-29-26-37(27-30-41)43-19-8-9-20-44(43)39-28-32-50-47(34-39)46-22-10-11-23-49(46)52(50)48-24-12-16-36-14-6-7-21-45(36)48/h1-34H. The number of benzene rings is 9. The number of aromatic nitrogens is 1. The van der Waals surface area contributed by atoms with Crippen molar-refractivity contribution in [1.29, 1.82) is 0 Å². The van der Waals surface area contributed by atoms with Gasteiger partial charge in [-0.2, -0.15) is 0 Å². The third kappa shape index (κ3) is 5.04. The molecule has 0 saturated heterocycles. The molecule has 0 saturated carbocycles. The summed E-state index contributed by atoms with van der Waals surface area (Å²) in [6, 6.07) is 74.6. The van der Waals surface area contributed by atoms with E-state index in [1.807, 2.05) is 0 Å². The maximum atomic E-state index is 2.43. The molecule has 0 spiro atoms. The molecule has 2 heteroatoms. The van der Waals surface area contributed by atoms with Crippen LogP contribution in [-0.4, -0.2) is 4.57 Å². The summed E-state index contributed by atoms with van der Waals surface area (Å²) in [7, 11) is 0. The highest BCUT2D eigenvalue weighted by molar-refractivity contribution is 6.12. The number of anilines is 3. The monoisotopic (exact) mass is 662 g/mol. The average Bonchev–Trinajstić information content (AvgIpc) is 3.55. The highest BCUT2D eigenvalue weighted by Crippen LogP contribution is 2.41. The number of nitrogens with zero attached hydrogens (tertiary/aromatic N) is 2. The van der Waals surface area contributed by atoms with Crippen LogP contribution >= 0.6 is 0 Å². The van der Waals surface area contributed by atoms with Gasteiger partial charge in [-0.05, 0) is 99.1 Å². The van der Waals surface area contributed by atoms with Crippen molar-refractivity contribution in [2.75, 3.05) is 4.90 Å². The summed E-state index contributed by atoms with van der Waals surface area (Å²) in [6.07, 6.45) is 0. The molecule has 0 unspecified atom stereocenters. The van der Waals surface area contributed by atoms with Crippen LogP contribution < -0.4 is 4.90 Å². The Labute approximate surface area is 303 Å². The van der Waals surface area contributed by atoms with Gasteiger partial charge in [0.05, 0.1) is 16.7 Å². The number of hydrogen-bond acceptors (Lipinski definition) is 1. The molecule has 244 valence electrons. The van der Waals surface area contributed by atoms with E-state index in [1.165, 1.54) is 71.3 Å². The van der Waals surface area contributed by atoms with Crippen LogP contribution in [0.4, 0.5) is 17.1 Å². The summed E-state index contributed by atoms with van der Waals surface area (Å²) in [4.78, 5) is 2.34. The number of para-hydroxylation sites is 2. The predicted molar refractivity (Wildman–Crippen MR) is 221 cm³/mol. The number of hydrogen-bond donors (Lipinski definition) is 0. The van der Waals surface area contributed by atoms with E-state index in [0.29, 0.717) is 0 Å². The Bertz CT molecular complexity index is 2900. The van der Waals surface area contributed by atoms with Crippen LogP contribution in [-0.2, 0) is 0 Å². The fourth-order valence-corrected chi connectivity index (χ4v) is 7.92. The minimum atomic E-state index is 1.12. The molecule has 10 rings (SSSR count). The SMILES string of the molecule is c1ccc(N(c2ccc(-c3ccccc3-c3ccc4c(c3)c3ccccc3n4-c3cccc4ccccc34)cc2)c2ccc3ccccc3c2)cc1. The molecule has 0 aliphatic rings. The van der Waals surface area contributed by atoms with Crippen molar-refractivity contribution in [2.24, 2.45) is 0 Å². The van der Waals surface area contributed by atoms with Crippen molar-refractivity contribution >= 4 is 60.4 Å². The van der Waals surface area contributed by atoms with E-state index in [-0.39, 0.29) is 0 Å². The van der Waals surface area contributed by atoms with Crippen molar-refractivity contribution in [3.8, 4) is 27.9 Å². The van der Waals surface area contributed by atoms with E-state index < -0.39 is 0 Å². The van der Waals surface area contributed by atoms with Gasteiger partial charge in [0.25, 0.3) is 0 Å². The maximum Gasteiger partial charge on any atom is 0.0541 e. The zero-order chi connectivity index (χ0) is 34.4. The summed E-state index contributed by atoms with van der Waals surface area (Å²) < 4.78 is 2.43. The van der Waals surface area contributed by atoms with E-state index in [2.05, 4.69) is 216 Å². The van der Waals surface area contributed by atoms with Crippen LogP contribution in [0.2, 0.25) is 0 Å². The lowest BCUT2D eigenvalue weighted by molar-refractivity contribution is 1.20. The first-order valence-electron chi connectivity index (χ1n) is 17.9. The first-order chi connectivity index (χ1) is 25.8. The molecular weight excluding hydrogens is 629 g/mol. The molecular formula is C50H34N2. The van der Waals surface area contributed by atoms with Gasteiger partial charge in [-0.15, -0.1) is 0 Å². The molecule has 9 aromatic carbocycles. The van der Waals surface area contributed by atoms with Gasteiger partial charge in [-0.1, -0.05) is 146 Å². The normalized spacial score (nSPS) is 11.5. The maximum absolute atomic E-state index is 2.43. The molecule has 0 amide bonds. The second kappa shape index (κ2) is 12.5. The molecule has 52 heavy (non-hydrogen) atoms. The zero-order valence-corrected chi connectivity index (χ0v) is 28.5. The van der Waals surface area contributed by atoms with Crippen LogP contribution in [0.1, 0.15) is 0 Å². The lowest BCUT2D eigenvalue weighted by Gasteiger charge is -2.26. The van der Waals surface area contributed by atoms with E-state index in [0.717, 1.165) is 17.1 Å². The van der Waals surface area contributed by atoms with Gasteiger partial charge in [0.15, 0.2) is 0 Å². The first-order valence-corrected chi connectivity index (χ1v) is 17.9. The van der Waals surface area contributed by atoms with Crippen LogP contribution in [0, 0.1) is 0 Å². The number of fused-ring (bicyclic) bond motifs is 5. The average molecular weight is 663 g/mol. The van der Waals surface area contributed by atoms with E-state index >= 15 is 0 Å². The molecule has 0 aliphatic heterocycles. The summed E-state index contributed by atoms with van der Waals surface area (Å²) in [5.41, 5.74) is 11.8. The lowest BCUT2D eigenvalue weighted by atomic mass is 9.93. The summed E-state index contributed by atoms with van der Waals surface area (Å²) in [5.74, 6) is 0. The molecule has 0 bridgehead atoms. The fourth-order valence-electron chi connectivity index (χ4n) is 7.92. The highest BCUT2D eigenvalue weighted by Gasteiger charge is 2.17. The molecule has 10 aromatic rings. The lowest BCUT2D eigenvalue weighted by Crippen LogP contribution is -2.09. The molecule has 0 aliphatic carbocycles. The van der Waals surface area contributed by atoms with Crippen molar-refractivity contribution in [1.82, 2.24) is 4.57 Å². The van der Waals surface area contributed by atoms with Crippen molar-refractivity contribution < 1.29 is 0 Å². The van der Waals surface area contributed by atoms with Gasteiger partial charge in [0.2, 0.25) is 0 Å². The van der Waals surface area contributed by atoms with Crippen molar-refractivity contribution in [2.45, 2.75) is 0 Å². The molecule has 0 fully saturated rings. The molecule has 0 N–H and O–H groups in total. The van der Waals surface area contributed by atoms with Crippen LogP contribution in [0.5, 0.6) is 0 Å². The van der Waals surface area contributed by atoms with Crippen molar-refractivity contribution in [3.05, 3.63) is 206 Å². The molecule has 1 aromatic heterocycles. The summed E-state index contributed by atoms with van der Waals surface area (Å²) >= 11 is 0. The third-order valence-electron chi connectivity index (χ3n) is 10.4. The summed E-state index contributed by atoms with van der Waals surface area (Å²) in [6.45, 7) is 0. The minimum absolute atomic E-state index is 1.12. The van der Waals surface area contributed by atoms with E-state index in [1.54, 1.807) is 0 Å². The Morgan fingerprint density at radius 2 is 0.885 bits per heavy atom. The van der Waals surface area contributed by atoms with Gasteiger partial charge in [0, 0.05) is 33.2 Å². The Hall–Kier alpha value is -6.90. The third-order valence-corrected chi connectivity index (χ3v) is 10.4. The molecule has 0 atom stereocenters. The molecule has 0 radical (unpaired) electrons. The van der Waals surface area contributed by atoms with Gasteiger partial charge in [-0.25, -0.2) is 0 Å². The fraction of sp³-hybridized carbons (Fsp3) is 0. The van der Waals surface area contributed by atoms with Crippen LogP contribution in [0.25, 0.3) is 71.3 Å². The Morgan fingerprint density at radius 3 is 1.71 bits per heavy atom. The van der Waals surface area contributed by atoms with Crippen LogP contribution in [0.3, 0.4) is 0 Å². The van der Waals surface area contributed by atoms with Gasteiger partial charge >= 0.3 is 0 Å². The number of rotatable bonds is 6. The first kappa shape index (κ1) is 30.0. The predicted octanol–water partition coefficient (Wildman–Crippen LogP) is 13.9. The van der Waals surface area contributed by atoms with Crippen molar-refractivity contribution in [3.63, 3.8) is 0 Å². The second-order valence-corrected chi connectivity index (χ2v) is 13.4. The van der Waals surface area contributed by atoms with Gasteiger partial charge in [-0.3, -0.25) is 0 Å². The molecule has 1 heterocycles. The smallest absolute Gasteiger partial charge is 0.0541 e. The highest BCUT2D eigenvalue weighted by atomic mass is 15.1. The quantitative estimate of drug-likeness (QED) is 0.172. The largest absolute Gasteiger partial charge is 0.310 e. The second-order valence-electron chi connectivity index (χ2n) is 13.4. The van der Waals surface area contributed by atoms with Gasteiger partial charge in [0.1, 0.15) is 0 Å². The van der Waals surface area contributed by atoms with E-state index in [9.17, 15) is 0 Å². The Balaban J connectivity index is 1.07. The Kier molecular flexibility index (Phi) is 7.18. The van der Waals surface area contributed by atoms with E-state index in [4.69, 9.17) is 0 Å². The molecule has 2 nitrogen and oxygen atoms in total. The summed E-state index contributed by atoms with van der Waals surface area (Å²) in [5, 5.41) is 7.46. The van der Waals surface area contributed by atoms with Crippen LogP contribution in [0.15, 0.2) is 206 Å².